The molecule has 0 rings (SSSR count). The third kappa shape index (κ3) is 536. The van der Waals surface area contributed by atoms with Gasteiger partial charge in [-0.25, -0.2) is 9.13 Å². The predicted molar refractivity (Wildman–Crippen MR) is 29.6 cm³/mol. The van der Waals surface area contributed by atoms with Crippen LogP contribution in [-0.4, -0.2) is 29.4 Å². The molecule has 2 radical (unpaired) electrons. The number of hydrogen-bond acceptors (Lipinski definition) is 2. The second-order valence-electron chi connectivity index (χ2n) is 1.03. The van der Waals surface area contributed by atoms with E-state index in [-0.39, 0.29) is 55.9 Å². The van der Waals surface area contributed by atoms with Gasteiger partial charge in [0.05, 0.1) is 0 Å². The maximum Gasteiger partial charge on any atom is 1.00 e. The van der Waals surface area contributed by atoms with E-state index in [0.717, 1.165) is 0 Å². The standard InChI is InChI=1S/Li.Mn.2H3O4P.V.H/c;;2*1-5(2,3)4;;/h;;2*(H3,1,2,3,4);;/q+1;;;;;-1. The Morgan fingerprint density at radius 1 is 0.769 bits per heavy atom. The molecule has 0 aliphatic carbocycles. The van der Waals surface area contributed by atoms with E-state index in [9.17, 15) is 0 Å². The molecule has 0 amide bonds. The Labute approximate surface area is 110 Å². The van der Waals surface area contributed by atoms with Crippen molar-refractivity contribution in [2.75, 3.05) is 0 Å². The third-order valence-corrected chi connectivity index (χ3v) is 0. The van der Waals surface area contributed by atoms with Gasteiger partial charge < -0.3 is 30.8 Å². The van der Waals surface area contributed by atoms with Crippen LogP contribution in [0.1, 0.15) is 1.43 Å². The van der Waals surface area contributed by atoms with Crippen molar-refractivity contribution in [3.8, 4) is 0 Å². The van der Waals surface area contributed by atoms with Crippen molar-refractivity contribution in [2.24, 2.45) is 0 Å². The summed E-state index contributed by atoms with van der Waals surface area (Å²) in [7, 11) is -9.28. The first-order valence-corrected chi connectivity index (χ1v) is 4.70. The molecule has 0 spiro atoms. The Balaban J connectivity index is -0.0000000178. The number of phosphoric acid groups is 2. The predicted octanol–water partition coefficient (Wildman–Crippen LogP) is -4.75. The van der Waals surface area contributed by atoms with Crippen LogP contribution in [0.25, 0.3) is 0 Å². The number of hydrogen-bond donors (Lipinski definition) is 6. The van der Waals surface area contributed by atoms with E-state index in [1.165, 1.54) is 0 Å². The molecule has 0 aromatic rings. The summed E-state index contributed by atoms with van der Waals surface area (Å²) in [5.74, 6) is 0. The Morgan fingerprint density at radius 2 is 0.769 bits per heavy atom. The van der Waals surface area contributed by atoms with Gasteiger partial charge in [-0.3, -0.25) is 0 Å². The maximum absolute atomic E-state index is 8.88. The zero-order valence-electron chi connectivity index (χ0n) is 7.22. The molecular formula is H7LiMnO8P2V. The first-order valence-electron chi connectivity index (χ1n) is 1.57. The maximum atomic E-state index is 8.88. The van der Waals surface area contributed by atoms with Crippen LogP contribution in [0.3, 0.4) is 0 Å². The zero-order chi connectivity index (χ0) is 9.00. The van der Waals surface area contributed by atoms with Gasteiger partial charge in [0.15, 0.2) is 0 Å². The molecule has 0 aromatic heterocycles. The molecule has 0 saturated heterocycles. The molecule has 0 saturated carbocycles. The van der Waals surface area contributed by atoms with Crippen LogP contribution in [-0.2, 0) is 44.8 Å². The third-order valence-electron chi connectivity index (χ3n) is 0. The van der Waals surface area contributed by atoms with Crippen LogP contribution in [0.2, 0.25) is 0 Å². The second-order valence-corrected chi connectivity index (χ2v) is 3.08. The first-order chi connectivity index (χ1) is 4.00. The molecule has 0 aliphatic heterocycles. The SMILES string of the molecule is O=P(O)(O)O.O=P(O)(O)O.[H-].[Li+].[Mn].[V]. The minimum atomic E-state index is -4.64. The van der Waals surface area contributed by atoms with Crippen molar-refractivity contribution in [3.05, 3.63) is 0 Å². The first kappa shape index (κ1) is 29.4. The summed E-state index contributed by atoms with van der Waals surface area (Å²) < 4.78 is 17.8. The molecule has 0 bridgehead atoms. The van der Waals surface area contributed by atoms with E-state index < -0.39 is 15.6 Å². The van der Waals surface area contributed by atoms with Gasteiger partial charge in [0.1, 0.15) is 0 Å². The summed E-state index contributed by atoms with van der Waals surface area (Å²) in [5, 5.41) is 0. The number of rotatable bonds is 0. The van der Waals surface area contributed by atoms with Crippen molar-refractivity contribution < 1.29 is 94.4 Å². The topological polar surface area (TPSA) is 156 Å². The summed E-state index contributed by atoms with van der Waals surface area (Å²) in [6.07, 6.45) is 0. The normalized spacial score (nSPS) is 9.08. The quantitative estimate of drug-likeness (QED) is 0.192. The minimum absolute atomic E-state index is 0. The van der Waals surface area contributed by atoms with Gasteiger partial charge in [0.25, 0.3) is 0 Å². The van der Waals surface area contributed by atoms with E-state index in [1.54, 1.807) is 0 Å². The van der Waals surface area contributed by atoms with Crippen LogP contribution in [0.15, 0.2) is 0 Å². The van der Waals surface area contributed by atoms with E-state index in [4.69, 9.17) is 38.5 Å². The van der Waals surface area contributed by atoms with Crippen molar-refractivity contribution in [1.29, 1.82) is 0 Å². The summed E-state index contributed by atoms with van der Waals surface area (Å²) in [5.41, 5.74) is 0. The van der Waals surface area contributed by atoms with E-state index in [1.807, 2.05) is 0 Å². The molecule has 0 aromatic carbocycles. The Hall–Kier alpha value is 1.92. The fourth-order valence-corrected chi connectivity index (χ4v) is 0. The molecule has 0 fully saturated rings. The average Bonchev–Trinajstić information content (AvgIpc) is 1.12. The van der Waals surface area contributed by atoms with Gasteiger partial charge >= 0.3 is 34.5 Å². The van der Waals surface area contributed by atoms with Crippen molar-refractivity contribution in [3.63, 3.8) is 0 Å². The van der Waals surface area contributed by atoms with Gasteiger partial charge in [0.2, 0.25) is 0 Å². The van der Waals surface area contributed by atoms with E-state index in [2.05, 4.69) is 0 Å². The largest absolute Gasteiger partial charge is 1.00 e. The summed E-state index contributed by atoms with van der Waals surface area (Å²) >= 11 is 0. The van der Waals surface area contributed by atoms with E-state index in [0.29, 0.717) is 0 Å². The molecule has 0 unspecified atom stereocenters. The zero-order valence-corrected chi connectivity index (χ0v) is 10.6. The van der Waals surface area contributed by atoms with Gasteiger partial charge in [0, 0.05) is 35.6 Å². The van der Waals surface area contributed by atoms with Crippen LogP contribution in [0, 0.1) is 0 Å². The molecule has 0 aliphatic rings. The second kappa shape index (κ2) is 12.0. The molecule has 13 heavy (non-hydrogen) atoms. The van der Waals surface area contributed by atoms with Gasteiger partial charge in [-0.1, -0.05) is 0 Å². The summed E-state index contributed by atoms with van der Waals surface area (Å²) in [4.78, 5) is 43.1. The summed E-state index contributed by atoms with van der Waals surface area (Å²) in [6, 6.07) is 0. The fraction of sp³-hybridized carbons (Fsp3) is 0. The van der Waals surface area contributed by atoms with Crippen molar-refractivity contribution in [1.82, 2.24) is 0 Å². The van der Waals surface area contributed by atoms with Crippen LogP contribution in [0.4, 0.5) is 0 Å². The monoisotopic (exact) mass is 310 g/mol. The molecule has 13 heteroatoms. The Kier molecular flexibility index (Phi) is 27.1. The van der Waals surface area contributed by atoms with Crippen LogP contribution < -0.4 is 18.9 Å². The Morgan fingerprint density at radius 3 is 0.769 bits per heavy atom. The van der Waals surface area contributed by atoms with Gasteiger partial charge in [-0.2, -0.15) is 0 Å². The van der Waals surface area contributed by atoms with E-state index >= 15 is 0 Å². The van der Waals surface area contributed by atoms with Crippen molar-refractivity contribution >= 4 is 15.6 Å². The minimum Gasteiger partial charge on any atom is -1.00 e. The Bertz CT molecular complexity index is 140. The van der Waals surface area contributed by atoms with Gasteiger partial charge in [-0.15, -0.1) is 0 Å². The smallest absolute Gasteiger partial charge is 1.00 e. The molecule has 0 heterocycles. The fourth-order valence-electron chi connectivity index (χ4n) is 0. The molecule has 78 valence electrons. The molecule has 0 atom stereocenters. The van der Waals surface area contributed by atoms with Crippen LogP contribution in [0.5, 0.6) is 0 Å². The molecular weight excluding hydrogens is 303 g/mol. The van der Waals surface area contributed by atoms with Gasteiger partial charge in [-0.05, 0) is 0 Å². The summed E-state index contributed by atoms with van der Waals surface area (Å²) in [6.45, 7) is 0. The molecule has 6 N–H and O–H groups in total. The molecule has 8 nitrogen and oxygen atoms in total. The average molecular weight is 310 g/mol. The van der Waals surface area contributed by atoms with Crippen LogP contribution >= 0.6 is 15.6 Å². The van der Waals surface area contributed by atoms with Crippen molar-refractivity contribution in [2.45, 2.75) is 0 Å².